The fourth-order valence-corrected chi connectivity index (χ4v) is 6.12. The van der Waals surface area contributed by atoms with E-state index in [4.69, 9.17) is 11.6 Å². The van der Waals surface area contributed by atoms with E-state index in [2.05, 4.69) is 0 Å². The third kappa shape index (κ3) is 2.34. The molecule has 0 aromatic rings. The Morgan fingerprint density at radius 2 is 1.32 bits per heavy atom. The van der Waals surface area contributed by atoms with Crippen molar-refractivity contribution in [1.82, 2.24) is 9.80 Å². The highest BCUT2D eigenvalue weighted by Crippen LogP contribution is 2.60. The van der Waals surface area contributed by atoms with E-state index < -0.39 is 0 Å². The van der Waals surface area contributed by atoms with Crippen molar-refractivity contribution in [3.8, 4) is 0 Å². The van der Waals surface area contributed by atoms with Gasteiger partial charge >= 0.3 is 0 Å². The molecule has 0 aromatic heterocycles. The number of nitrogens with zero attached hydrogens (tertiary/aromatic N) is 2. The molecule has 122 valence electrons. The minimum atomic E-state index is -0.0482. The summed E-state index contributed by atoms with van der Waals surface area (Å²) >= 11 is 5.62. The van der Waals surface area contributed by atoms with Crippen molar-refractivity contribution >= 4 is 23.4 Å². The Kier molecular flexibility index (Phi) is 3.63. The molecule has 4 nitrogen and oxygen atoms in total. The summed E-state index contributed by atoms with van der Waals surface area (Å²) in [5, 5.41) is 0. The summed E-state index contributed by atoms with van der Waals surface area (Å²) in [5.74, 6) is 2.83. The molecule has 0 N–H and O–H groups in total. The molecule has 5 heteroatoms. The fourth-order valence-electron chi connectivity index (χ4n) is 5.95. The Morgan fingerprint density at radius 3 is 1.77 bits per heavy atom. The van der Waals surface area contributed by atoms with Crippen molar-refractivity contribution in [3.05, 3.63) is 0 Å². The molecule has 5 aliphatic rings. The Morgan fingerprint density at radius 1 is 0.864 bits per heavy atom. The van der Waals surface area contributed by atoms with E-state index in [1.807, 2.05) is 4.90 Å². The zero-order valence-corrected chi connectivity index (χ0v) is 13.9. The van der Waals surface area contributed by atoms with Gasteiger partial charge in [-0.05, 0) is 56.3 Å². The Bertz CT molecular complexity index is 450. The van der Waals surface area contributed by atoms with Gasteiger partial charge in [-0.2, -0.15) is 0 Å². The number of rotatable bonds is 2. The second-order valence-electron chi connectivity index (χ2n) is 8.00. The van der Waals surface area contributed by atoms with E-state index in [-0.39, 0.29) is 17.2 Å². The molecule has 1 aliphatic heterocycles. The van der Waals surface area contributed by atoms with Crippen LogP contribution >= 0.6 is 11.6 Å². The van der Waals surface area contributed by atoms with Crippen LogP contribution in [0.15, 0.2) is 0 Å². The van der Waals surface area contributed by atoms with E-state index in [9.17, 15) is 9.59 Å². The van der Waals surface area contributed by atoms with Crippen molar-refractivity contribution in [3.63, 3.8) is 0 Å². The van der Waals surface area contributed by atoms with Crippen LogP contribution in [-0.4, -0.2) is 53.7 Å². The van der Waals surface area contributed by atoms with Crippen LogP contribution in [0.3, 0.4) is 0 Å². The first kappa shape index (κ1) is 14.8. The zero-order valence-electron chi connectivity index (χ0n) is 13.1. The number of carbonyl (C=O) groups excluding carboxylic acids is 2. The molecule has 2 amide bonds. The molecule has 4 saturated carbocycles. The second kappa shape index (κ2) is 5.40. The summed E-state index contributed by atoms with van der Waals surface area (Å²) in [7, 11) is 0. The molecule has 22 heavy (non-hydrogen) atoms. The molecule has 0 aromatic carbocycles. The summed E-state index contributed by atoms with van der Waals surface area (Å²) < 4.78 is 0. The summed E-state index contributed by atoms with van der Waals surface area (Å²) in [5.41, 5.74) is -0.0482. The van der Waals surface area contributed by atoms with Gasteiger partial charge in [-0.15, -0.1) is 11.6 Å². The van der Waals surface area contributed by atoms with Gasteiger partial charge in [-0.1, -0.05) is 0 Å². The first-order valence-electron chi connectivity index (χ1n) is 8.73. The maximum absolute atomic E-state index is 13.2. The summed E-state index contributed by atoms with van der Waals surface area (Å²) in [6.07, 6.45) is 7.47. The maximum Gasteiger partial charge on any atom is 0.237 e. The topological polar surface area (TPSA) is 40.6 Å². The van der Waals surface area contributed by atoms with Crippen molar-refractivity contribution in [2.45, 2.75) is 38.5 Å². The molecule has 4 bridgehead atoms. The highest BCUT2D eigenvalue weighted by atomic mass is 35.5. The van der Waals surface area contributed by atoms with Crippen LogP contribution in [0.5, 0.6) is 0 Å². The largest absolute Gasteiger partial charge is 0.339 e. The smallest absolute Gasteiger partial charge is 0.237 e. The van der Waals surface area contributed by atoms with Crippen molar-refractivity contribution in [1.29, 1.82) is 0 Å². The van der Waals surface area contributed by atoms with E-state index in [0.29, 0.717) is 32.1 Å². The van der Waals surface area contributed by atoms with Crippen LogP contribution in [-0.2, 0) is 9.59 Å². The average Bonchev–Trinajstić information content (AvgIpc) is 2.52. The van der Waals surface area contributed by atoms with E-state index in [1.165, 1.54) is 19.3 Å². The van der Waals surface area contributed by atoms with Gasteiger partial charge in [0, 0.05) is 26.2 Å². The van der Waals surface area contributed by atoms with Crippen molar-refractivity contribution in [2.24, 2.45) is 23.2 Å². The van der Waals surface area contributed by atoms with Crippen LogP contribution in [0.4, 0.5) is 0 Å². The molecule has 5 rings (SSSR count). The third-order valence-corrected chi connectivity index (χ3v) is 6.75. The van der Waals surface area contributed by atoms with Gasteiger partial charge in [0.25, 0.3) is 0 Å². The quantitative estimate of drug-likeness (QED) is 0.730. The van der Waals surface area contributed by atoms with E-state index in [0.717, 1.165) is 37.0 Å². The summed E-state index contributed by atoms with van der Waals surface area (Å²) in [6.45, 7) is 2.65. The van der Waals surface area contributed by atoms with Crippen molar-refractivity contribution < 1.29 is 9.59 Å². The highest BCUT2D eigenvalue weighted by Gasteiger charge is 2.55. The monoisotopic (exact) mass is 324 g/mol. The Labute approximate surface area is 137 Å². The predicted molar refractivity (Wildman–Crippen MR) is 84.5 cm³/mol. The minimum Gasteiger partial charge on any atom is -0.339 e. The first-order valence-corrected chi connectivity index (χ1v) is 9.26. The molecule has 1 heterocycles. The predicted octanol–water partition coefficient (Wildman–Crippen LogP) is 2.11. The SMILES string of the molecule is O=C(CCl)N1CCN(C(=O)C23CC4CC(CC(C4)C2)C3)CC1. The lowest BCUT2D eigenvalue weighted by atomic mass is 9.49. The van der Waals surface area contributed by atoms with Gasteiger partial charge in [-0.25, -0.2) is 0 Å². The molecule has 1 saturated heterocycles. The lowest BCUT2D eigenvalue weighted by molar-refractivity contribution is -0.160. The number of piperazine rings is 1. The van der Waals surface area contributed by atoms with Crippen LogP contribution in [0.2, 0.25) is 0 Å². The van der Waals surface area contributed by atoms with Gasteiger partial charge in [0.05, 0.1) is 5.41 Å². The molecule has 0 unspecified atom stereocenters. The third-order valence-electron chi connectivity index (χ3n) is 6.53. The second-order valence-corrected chi connectivity index (χ2v) is 8.27. The number of halogens is 1. The molecule has 0 radical (unpaired) electrons. The number of alkyl halides is 1. The number of hydrogen-bond donors (Lipinski definition) is 0. The van der Waals surface area contributed by atoms with Crippen LogP contribution in [0, 0.1) is 23.2 Å². The van der Waals surface area contributed by atoms with Gasteiger partial charge < -0.3 is 9.80 Å². The first-order chi connectivity index (χ1) is 10.6. The maximum atomic E-state index is 13.2. The normalized spacial score (nSPS) is 40.1. The molecular weight excluding hydrogens is 300 g/mol. The molecule has 0 spiro atoms. The lowest BCUT2D eigenvalue weighted by Gasteiger charge is -2.57. The van der Waals surface area contributed by atoms with Gasteiger partial charge in [0.15, 0.2) is 0 Å². The van der Waals surface area contributed by atoms with Crippen LogP contribution < -0.4 is 0 Å². The lowest BCUT2D eigenvalue weighted by Crippen LogP contribution is -2.58. The van der Waals surface area contributed by atoms with E-state index in [1.54, 1.807) is 4.90 Å². The zero-order chi connectivity index (χ0) is 15.3. The minimum absolute atomic E-state index is 0.0106. The Balaban J connectivity index is 1.43. The average molecular weight is 325 g/mol. The fraction of sp³-hybridized carbons (Fsp3) is 0.882. The summed E-state index contributed by atoms with van der Waals surface area (Å²) in [4.78, 5) is 28.7. The van der Waals surface area contributed by atoms with Gasteiger partial charge in [-0.3, -0.25) is 9.59 Å². The van der Waals surface area contributed by atoms with E-state index >= 15 is 0 Å². The van der Waals surface area contributed by atoms with Crippen LogP contribution in [0.1, 0.15) is 38.5 Å². The molecule has 4 aliphatic carbocycles. The molecule has 5 fully saturated rings. The Hall–Kier alpha value is -0.770. The summed E-state index contributed by atoms with van der Waals surface area (Å²) in [6, 6.07) is 0. The number of hydrogen-bond acceptors (Lipinski definition) is 2. The molecule has 0 atom stereocenters. The standard InChI is InChI=1S/C17H25ClN2O2/c18-11-15(21)19-1-3-20(4-2-19)16(22)17-8-12-5-13(9-17)7-14(6-12)10-17/h12-14H,1-11H2. The number of amides is 2. The number of carbonyl (C=O) groups is 2. The highest BCUT2D eigenvalue weighted by molar-refractivity contribution is 6.27. The van der Waals surface area contributed by atoms with Crippen molar-refractivity contribution in [2.75, 3.05) is 32.1 Å². The van der Waals surface area contributed by atoms with Gasteiger partial charge in [0.1, 0.15) is 5.88 Å². The van der Waals surface area contributed by atoms with Gasteiger partial charge in [0.2, 0.25) is 11.8 Å². The molecular formula is C17H25ClN2O2. The van der Waals surface area contributed by atoms with Crippen LogP contribution in [0.25, 0.3) is 0 Å².